The number of thiazole rings is 1. The minimum atomic E-state index is -0.263. The molecule has 2 heterocycles. The predicted octanol–water partition coefficient (Wildman–Crippen LogP) is 2.87. The van der Waals surface area contributed by atoms with Gasteiger partial charge < -0.3 is 15.1 Å². The number of aryl methyl sites for hydroxylation is 1. The number of hydrogen-bond donors (Lipinski definition) is 2. The van der Waals surface area contributed by atoms with Crippen LogP contribution in [0.4, 0.5) is 0 Å². The lowest BCUT2D eigenvalue weighted by molar-refractivity contribution is 0.0925. The van der Waals surface area contributed by atoms with E-state index in [1.807, 2.05) is 13.0 Å². The maximum atomic E-state index is 12.3. The normalized spacial score (nSPS) is 10.4. The van der Waals surface area contributed by atoms with Crippen molar-refractivity contribution in [2.75, 3.05) is 13.1 Å². The van der Waals surface area contributed by atoms with E-state index in [0.29, 0.717) is 35.1 Å². The van der Waals surface area contributed by atoms with Crippen molar-refractivity contribution in [2.45, 2.75) is 6.92 Å². The zero-order chi connectivity index (χ0) is 17.6. The van der Waals surface area contributed by atoms with Gasteiger partial charge in [-0.2, -0.15) is 0 Å². The third-order valence-electron chi connectivity index (χ3n) is 3.48. The van der Waals surface area contributed by atoms with Gasteiger partial charge in [-0.3, -0.25) is 9.59 Å². The van der Waals surface area contributed by atoms with E-state index in [0.717, 1.165) is 4.88 Å². The number of benzene rings is 1. The smallest absolute Gasteiger partial charge is 0.271 e. The molecule has 0 radical (unpaired) electrons. The van der Waals surface area contributed by atoms with Gasteiger partial charge in [0, 0.05) is 23.5 Å². The summed E-state index contributed by atoms with van der Waals surface area (Å²) in [5, 5.41) is 6.20. The summed E-state index contributed by atoms with van der Waals surface area (Å²) >= 11 is 1.41. The lowest BCUT2D eigenvalue weighted by atomic mass is 10.2. The van der Waals surface area contributed by atoms with Crippen LogP contribution in [0.15, 0.2) is 53.1 Å². The number of carbonyl (C=O) groups excluding carboxylic acids is 2. The third-order valence-corrected chi connectivity index (χ3v) is 4.46. The maximum absolute atomic E-state index is 12.3. The van der Waals surface area contributed by atoms with Crippen molar-refractivity contribution in [1.29, 1.82) is 0 Å². The van der Waals surface area contributed by atoms with Crippen molar-refractivity contribution in [3.05, 3.63) is 64.9 Å². The van der Waals surface area contributed by atoms with Gasteiger partial charge in [-0.15, -0.1) is 11.3 Å². The van der Waals surface area contributed by atoms with Crippen molar-refractivity contribution in [3.63, 3.8) is 0 Å². The van der Waals surface area contributed by atoms with Crippen molar-refractivity contribution in [2.24, 2.45) is 0 Å². The van der Waals surface area contributed by atoms with E-state index in [1.54, 1.807) is 42.7 Å². The van der Waals surface area contributed by atoms with Crippen LogP contribution in [0.5, 0.6) is 0 Å². The van der Waals surface area contributed by atoms with Gasteiger partial charge in [0.2, 0.25) is 0 Å². The standard InChI is InChI=1S/C18H17N3O3S/c1-12-15(21-18(25-12)14-8-5-11-24-14)17(23)20-10-9-19-16(22)13-6-3-2-4-7-13/h2-8,11H,9-10H2,1H3,(H,19,22)(H,20,23). The van der Waals surface area contributed by atoms with E-state index in [2.05, 4.69) is 15.6 Å². The van der Waals surface area contributed by atoms with E-state index < -0.39 is 0 Å². The summed E-state index contributed by atoms with van der Waals surface area (Å²) in [6, 6.07) is 12.5. The Labute approximate surface area is 148 Å². The second kappa shape index (κ2) is 7.76. The molecule has 3 rings (SSSR count). The minimum Gasteiger partial charge on any atom is -0.462 e. The summed E-state index contributed by atoms with van der Waals surface area (Å²) in [5.74, 6) is 0.211. The summed E-state index contributed by atoms with van der Waals surface area (Å²) in [7, 11) is 0. The van der Waals surface area contributed by atoms with Crippen LogP contribution in [0, 0.1) is 6.92 Å². The molecule has 0 aliphatic carbocycles. The Balaban J connectivity index is 1.51. The molecule has 128 valence electrons. The van der Waals surface area contributed by atoms with Crippen molar-refractivity contribution in [1.82, 2.24) is 15.6 Å². The SMILES string of the molecule is Cc1sc(-c2ccco2)nc1C(=O)NCCNC(=O)c1ccccc1. The zero-order valence-corrected chi connectivity index (χ0v) is 14.4. The second-order valence-corrected chi connectivity index (χ2v) is 6.48. The fourth-order valence-electron chi connectivity index (χ4n) is 2.24. The monoisotopic (exact) mass is 355 g/mol. The van der Waals surface area contributed by atoms with Crippen LogP contribution in [-0.4, -0.2) is 29.9 Å². The van der Waals surface area contributed by atoms with Gasteiger partial charge >= 0.3 is 0 Å². The van der Waals surface area contributed by atoms with Crippen LogP contribution in [0.25, 0.3) is 10.8 Å². The fraction of sp³-hybridized carbons (Fsp3) is 0.167. The molecule has 2 aromatic heterocycles. The molecule has 25 heavy (non-hydrogen) atoms. The first-order chi connectivity index (χ1) is 12.1. The van der Waals surface area contributed by atoms with Crippen LogP contribution in [0.1, 0.15) is 25.7 Å². The maximum Gasteiger partial charge on any atom is 0.271 e. The molecule has 0 fully saturated rings. The number of aromatic nitrogens is 1. The molecule has 0 saturated heterocycles. The molecule has 2 amide bonds. The number of furan rings is 1. The first-order valence-corrected chi connectivity index (χ1v) is 8.59. The summed E-state index contributed by atoms with van der Waals surface area (Å²) in [6.07, 6.45) is 1.57. The number of nitrogens with zero attached hydrogens (tertiary/aromatic N) is 1. The molecule has 1 aromatic carbocycles. The second-order valence-electron chi connectivity index (χ2n) is 5.28. The molecule has 6 nitrogen and oxygen atoms in total. The van der Waals surface area contributed by atoms with Gasteiger partial charge in [-0.25, -0.2) is 4.98 Å². The van der Waals surface area contributed by atoms with Crippen LogP contribution in [0.3, 0.4) is 0 Å². The van der Waals surface area contributed by atoms with Crippen molar-refractivity contribution in [3.8, 4) is 10.8 Å². The highest BCUT2D eigenvalue weighted by atomic mass is 32.1. The predicted molar refractivity (Wildman–Crippen MR) is 95.7 cm³/mol. The molecular weight excluding hydrogens is 338 g/mol. The van der Waals surface area contributed by atoms with Gasteiger partial charge in [0.1, 0.15) is 5.69 Å². The largest absolute Gasteiger partial charge is 0.462 e. The lowest BCUT2D eigenvalue weighted by Gasteiger charge is -2.06. The summed E-state index contributed by atoms with van der Waals surface area (Å²) in [5.41, 5.74) is 0.970. The Morgan fingerprint density at radius 1 is 1.04 bits per heavy atom. The Morgan fingerprint density at radius 2 is 1.76 bits per heavy atom. The van der Waals surface area contributed by atoms with E-state index in [1.165, 1.54) is 11.3 Å². The van der Waals surface area contributed by atoms with E-state index in [-0.39, 0.29) is 11.8 Å². The van der Waals surface area contributed by atoms with Crippen LogP contribution in [0.2, 0.25) is 0 Å². The van der Waals surface area contributed by atoms with Crippen LogP contribution < -0.4 is 10.6 Å². The number of amides is 2. The highest BCUT2D eigenvalue weighted by molar-refractivity contribution is 7.15. The molecule has 0 saturated carbocycles. The molecule has 0 atom stereocenters. The molecule has 3 aromatic rings. The average Bonchev–Trinajstić information content (AvgIpc) is 3.28. The highest BCUT2D eigenvalue weighted by Crippen LogP contribution is 2.27. The molecule has 0 bridgehead atoms. The molecule has 0 spiro atoms. The van der Waals surface area contributed by atoms with Crippen LogP contribution >= 0.6 is 11.3 Å². The van der Waals surface area contributed by atoms with E-state index in [4.69, 9.17) is 4.42 Å². The molecule has 0 aliphatic heterocycles. The van der Waals surface area contributed by atoms with Crippen LogP contribution in [-0.2, 0) is 0 Å². The summed E-state index contributed by atoms with van der Waals surface area (Å²) in [6.45, 7) is 2.51. The molecule has 2 N–H and O–H groups in total. The first-order valence-electron chi connectivity index (χ1n) is 7.78. The molecular formula is C18H17N3O3S. The van der Waals surface area contributed by atoms with Gasteiger partial charge in [0.05, 0.1) is 6.26 Å². The van der Waals surface area contributed by atoms with Gasteiger partial charge in [-0.05, 0) is 31.2 Å². The lowest BCUT2D eigenvalue weighted by Crippen LogP contribution is -2.35. The molecule has 7 heteroatoms. The van der Waals surface area contributed by atoms with Gasteiger partial charge in [-0.1, -0.05) is 18.2 Å². The number of hydrogen-bond acceptors (Lipinski definition) is 5. The minimum absolute atomic E-state index is 0.167. The first kappa shape index (κ1) is 16.9. The van der Waals surface area contributed by atoms with E-state index >= 15 is 0 Å². The summed E-state index contributed by atoms with van der Waals surface area (Å²) < 4.78 is 5.30. The number of rotatable bonds is 6. The Bertz CT molecular complexity index is 857. The third kappa shape index (κ3) is 4.13. The van der Waals surface area contributed by atoms with Gasteiger partial charge in [0.25, 0.3) is 11.8 Å². The summed E-state index contributed by atoms with van der Waals surface area (Å²) in [4.78, 5) is 29.3. The van der Waals surface area contributed by atoms with E-state index in [9.17, 15) is 9.59 Å². The topological polar surface area (TPSA) is 84.2 Å². The Morgan fingerprint density at radius 3 is 2.44 bits per heavy atom. The average molecular weight is 355 g/mol. The highest BCUT2D eigenvalue weighted by Gasteiger charge is 2.17. The van der Waals surface area contributed by atoms with Crippen molar-refractivity contribution >= 4 is 23.2 Å². The molecule has 0 unspecified atom stereocenters. The molecule has 0 aliphatic rings. The number of nitrogens with one attached hydrogen (secondary N) is 2. The fourth-order valence-corrected chi connectivity index (χ4v) is 3.12. The quantitative estimate of drug-likeness (QED) is 0.666. The number of carbonyl (C=O) groups is 2. The van der Waals surface area contributed by atoms with Crippen molar-refractivity contribution < 1.29 is 14.0 Å². The van der Waals surface area contributed by atoms with Gasteiger partial charge in [0.15, 0.2) is 10.8 Å². The Hall–Kier alpha value is -2.93. The zero-order valence-electron chi connectivity index (χ0n) is 13.6. The Kier molecular flexibility index (Phi) is 5.25.